The van der Waals surface area contributed by atoms with Gasteiger partial charge in [0.2, 0.25) is 5.95 Å². The van der Waals surface area contributed by atoms with Gasteiger partial charge >= 0.3 is 6.03 Å². The number of fused-ring (bicyclic) bond motifs is 2. The van der Waals surface area contributed by atoms with E-state index in [1.807, 2.05) is 22.9 Å². The molecule has 4 heterocycles. The first-order chi connectivity index (χ1) is 13.1. The molecule has 140 valence electrons. The van der Waals surface area contributed by atoms with Crippen molar-refractivity contribution in [3.05, 3.63) is 35.7 Å². The molecule has 1 atom stereocenters. The number of hydrogen-bond donors (Lipinski definition) is 1. The zero-order valence-corrected chi connectivity index (χ0v) is 15.0. The molecule has 0 aliphatic carbocycles. The van der Waals surface area contributed by atoms with Gasteiger partial charge in [0.05, 0.1) is 18.5 Å². The van der Waals surface area contributed by atoms with E-state index in [4.69, 9.17) is 4.74 Å². The molecule has 3 aliphatic rings. The zero-order chi connectivity index (χ0) is 18.4. The lowest BCUT2D eigenvalue weighted by Gasteiger charge is -2.34. The Morgan fingerprint density at radius 3 is 3.00 bits per heavy atom. The number of Topliss-reactive ketones (excluding diaryl/α,β-unsaturated/α-hetero) is 1. The highest BCUT2D eigenvalue weighted by molar-refractivity contribution is 6.00. The Morgan fingerprint density at radius 1 is 1.22 bits per heavy atom. The van der Waals surface area contributed by atoms with Gasteiger partial charge in [-0.1, -0.05) is 12.1 Å². The standard InChI is InChI=1S/C19H21N5O3/c25-14-11-19(27-15-6-2-1-5-13(14)15)8-10-23(12-19)18(26)21-17-20-16-7-3-4-9-24(16)22-17/h1-2,5-6H,3-4,7-12H2,(H,21,22,26). The second-order valence-electron chi connectivity index (χ2n) is 7.51. The van der Waals surface area contributed by atoms with Crippen LogP contribution >= 0.6 is 0 Å². The predicted molar refractivity (Wildman–Crippen MR) is 96.9 cm³/mol. The first-order valence-corrected chi connectivity index (χ1v) is 9.43. The third kappa shape index (κ3) is 2.85. The van der Waals surface area contributed by atoms with Gasteiger partial charge in [-0.15, -0.1) is 5.10 Å². The summed E-state index contributed by atoms with van der Waals surface area (Å²) in [5, 5.41) is 7.17. The molecule has 1 unspecified atom stereocenters. The largest absolute Gasteiger partial charge is 0.484 e. The summed E-state index contributed by atoms with van der Waals surface area (Å²) in [5.74, 6) is 1.96. The summed E-state index contributed by atoms with van der Waals surface area (Å²) in [7, 11) is 0. The molecule has 27 heavy (non-hydrogen) atoms. The number of carbonyl (C=O) groups excluding carboxylic acids is 2. The highest BCUT2D eigenvalue weighted by Gasteiger charge is 2.47. The molecule has 1 aromatic heterocycles. The molecule has 5 rings (SSSR count). The van der Waals surface area contributed by atoms with Crippen molar-refractivity contribution in [3.8, 4) is 5.75 Å². The number of ether oxygens (including phenoxy) is 1. The minimum Gasteiger partial charge on any atom is -0.484 e. The van der Waals surface area contributed by atoms with Crippen LogP contribution < -0.4 is 10.1 Å². The van der Waals surface area contributed by atoms with Crippen molar-refractivity contribution in [3.63, 3.8) is 0 Å². The van der Waals surface area contributed by atoms with Crippen molar-refractivity contribution < 1.29 is 14.3 Å². The SMILES string of the molecule is O=C1CC2(CCN(C(=O)Nc3nc4n(n3)CCCC4)C2)Oc2ccccc21. The molecule has 2 amide bonds. The Morgan fingerprint density at radius 2 is 2.11 bits per heavy atom. The molecular weight excluding hydrogens is 346 g/mol. The van der Waals surface area contributed by atoms with Crippen LogP contribution in [0.5, 0.6) is 5.75 Å². The molecule has 1 spiro atoms. The molecule has 1 saturated heterocycles. The number of anilines is 1. The fourth-order valence-corrected chi connectivity index (χ4v) is 4.20. The summed E-state index contributed by atoms with van der Waals surface area (Å²) < 4.78 is 8.04. The van der Waals surface area contributed by atoms with Crippen molar-refractivity contribution in [2.75, 3.05) is 18.4 Å². The van der Waals surface area contributed by atoms with Crippen LogP contribution in [0.4, 0.5) is 10.7 Å². The van der Waals surface area contributed by atoms with Crippen LogP contribution in [0.15, 0.2) is 24.3 Å². The van der Waals surface area contributed by atoms with E-state index in [0.29, 0.717) is 43.2 Å². The quantitative estimate of drug-likeness (QED) is 0.835. The maximum atomic E-state index is 12.7. The van der Waals surface area contributed by atoms with Gasteiger partial charge in [-0.2, -0.15) is 4.98 Å². The molecule has 0 bridgehead atoms. The van der Waals surface area contributed by atoms with E-state index in [2.05, 4.69) is 15.4 Å². The van der Waals surface area contributed by atoms with E-state index in [1.54, 1.807) is 11.0 Å². The van der Waals surface area contributed by atoms with Crippen LogP contribution in [-0.2, 0) is 13.0 Å². The highest BCUT2D eigenvalue weighted by atomic mass is 16.5. The number of nitrogens with zero attached hydrogens (tertiary/aromatic N) is 4. The van der Waals surface area contributed by atoms with E-state index in [0.717, 1.165) is 31.6 Å². The number of hydrogen-bond acceptors (Lipinski definition) is 5. The van der Waals surface area contributed by atoms with Gasteiger partial charge in [-0.05, 0) is 25.0 Å². The van der Waals surface area contributed by atoms with Crippen LogP contribution in [0.3, 0.4) is 0 Å². The number of aryl methyl sites for hydroxylation is 2. The van der Waals surface area contributed by atoms with Crippen LogP contribution in [0.2, 0.25) is 0 Å². The number of nitrogens with one attached hydrogen (secondary N) is 1. The summed E-state index contributed by atoms with van der Waals surface area (Å²) in [6.07, 6.45) is 4.02. The van der Waals surface area contributed by atoms with Crippen molar-refractivity contribution >= 4 is 17.8 Å². The van der Waals surface area contributed by atoms with Crippen LogP contribution in [-0.4, -0.2) is 50.2 Å². The topological polar surface area (TPSA) is 89.4 Å². The van der Waals surface area contributed by atoms with E-state index < -0.39 is 5.60 Å². The molecule has 1 aromatic carbocycles. The Balaban J connectivity index is 1.29. The molecule has 0 saturated carbocycles. The summed E-state index contributed by atoms with van der Waals surface area (Å²) >= 11 is 0. The van der Waals surface area contributed by atoms with Gasteiger partial charge in [0.25, 0.3) is 0 Å². The maximum absolute atomic E-state index is 12.7. The van der Waals surface area contributed by atoms with Crippen molar-refractivity contribution in [1.82, 2.24) is 19.7 Å². The fraction of sp³-hybridized carbons (Fsp3) is 0.474. The van der Waals surface area contributed by atoms with Gasteiger partial charge in [-0.3, -0.25) is 10.1 Å². The number of urea groups is 1. The number of carbonyl (C=O) groups is 2. The Kier molecular flexibility index (Phi) is 3.66. The lowest BCUT2D eigenvalue weighted by molar-refractivity contribution is 0.0482. The monoisotopic (exact) mass is 367 g/mol. The lowest BCUT2D eigenvalue weighted by Crippen LogP contribution is -2.46. The van der Waals surface area contributed by atoms with Crippen LogP contribution in [0.25, 0.3) is 0 Å². The second-order valence-corrected chi connectivity index (χ2v) is 7.51. The van der Waals surface area contributed by atoms with E-state index in [9.17, 15) is 9.59 Å². The smallest absolute Gasteiger partial charge is 0.324 e. The Labute approximate surface area is 156 Å². The number of ketones is 1. The lowest BCUT2D eigenvalue weighted by atomic mass is 9.89. The number of para-hydroxylation sites is 1. The normalized spacial score (nSPS) is 23.7. The van der Waals surface area contributed by atoms with Crippen molar-refractivity contribution in [1.29, 1.82) is 0 Å². The highest BCUT2D eigenvalue weighted by Crippen LogP contribution is 2.38. The number of amides is 2. The number of aromatic nitrogens is 3. The predicted octanol–water partition coefficient (Wildman–Crippen LogP) is 2.26. The number of benzene rings is 1. The summed E-state index contributed by atoms with van der Waals surface area (Å²) in [6, 6.07) is 7.05. The molecule has 8 heteroatoms. The van der Waals surface area contributed by atoms with Crippen molar-refractivity contribution in [2.24, 2.45) is 0 Å². The van der Waals surface area contributed by atoms with E-state index >= 15 is 0 Å². The molecule has 8 nitrogen and oxygen atoms in total. The van der Waals surface area contributed by atoms with Crippen LogP contribution in [0.1, 0.15) is 41.9 Å². The van der Waals surface area contributed by atoms with Crippen molar-refractivity contribution in [2.45, 2.75) is 44.2 Å². The Bertz CT molecular complexity index is 900. The molecule has 1 N–H and O–H groups in total. The minimum absolute atomic E-state index is 0.0718. The summed E-state index contributed by atoms with van der Waals surface area (Å²) in [6.45, 7) is 1.77. The number of likely N-dealkylation sites (tertiary alicyclic amines) is 1. The molecule has 1 fully saturated rings. The van der Waals surface area contributed by atoms with Gasteiger partial charge in [-0.25, -0.2) is 9.48 Å². The number of rotatable bonds is 1. The first-order valence-electron chi connectivity index (χ1n) is 9.43. The average Bonchev–Trinajstić information content (AvgIpc) is 3.25. The van der Waals surface area contributed by atoms with Gasteiger partial charge < -0.3 is 9.64 Å². The molecule has 0 radical (unpaired) electrons. The fourth-order valence-electron chi connectivity index (χ4n) is 4.20. The molecule has 3 aliphatic heterocycles. The minimum atomic E-state index is -0.635. The van der Waals surface area contributed by atoms with E-state index in [-0.39, 0.29) is 11.8 Å². The van der Waals surface area contributed by atoms with Crippen LogP contribution in [0, 0.1) is 0 Å². The third-order valence-corrected chi connectivity index (χ3v) is 5.59. The molecular formula is C19H21N5O3. The Hall–Kier alpha value is -2.90. The average molecular weight is 367 g/mol. The molecule has 2 aromatic rings. The second kappa shape index (κ2) is 6.07. The zero-order valence-electron chi connectivity index (χ0n) is 15.0. The maximum Gasteiger partial charge on any atom is 0.324 e. The summed E-state index contributed by atoms with van der Waals surface area (Å²) in [5.41, 5.74) is -0.0114. The van der Waals surface area contributed by atoms with Gasteiger partial charge in [0.1, 0.15) is 17.2 Å². The van der Waals surface area contributed by atoms with Gasteiger partial charge in [0.15, 0.2) is 5.78 Å². The van der Waals surface area contributed by atoms with Gasteiger partial charge in [0, 0.05) is 25.9 Å². The third-order valence-electron chi connectivity index (χ3n) is 5.59. The first kappa shape index (κ1) is 16.3. The summed E-state index contributed by atoms with van der Waals surface area (Å²) in [4.78, 5) is 31.3. The van der Waals surface area contributed by atoms with E-state index in [1.165, 1.54) is 0 Å².